The molecule has 0 aliphatic rings. The van der Waals surface area contributed by atoms with E-state index in [-0.39, 0.29) is 24.2 Å². The lowest BCUT2D eigenvalue weighted by atomic mass is 10.1. The minimum Gasteiger partial charge on any atom is -0.352 e. The van der Waals surface area contributed by atoms with Gasteiger partial charge in [-0.3, -0.25) is 9.59 Å². The van der Waals surface area contributed by atoms with Crippen LogP contribution in [-0.2, 0) is 26.3 Å². The lowest BCUT2D eigenvalue weighted by molar-refractivity contribution is -0.140. The largest absolute Gasteiger partial charge is 0.352 e. The molecule has 2 atom stereocenters. The SMILES string of the molecule is CC[C@H](C(=O)N[C@@H](C)CC)N(Cc1ccc(Cl)cc1)C(=O)CN(c1ccc(F)cc1)S(=O)(=O)N(C)C. The zero-order valence-electron chi connectivity index (χ0n) is 21.2. The molecule has 0 saturated heterocycles. The summed E-state index contributed by atoms with van der Waals surface area (Å²) in [5.41, 5.74) is 0.855. The van der Waals surface area contributed by atoms with E-state index in [1.165, 1.54) is 31.1 Å². The van der Waals surface area contributed by atoms with Crippen LogP contribution in [0.3, 0.4) is 0 Å². The Kier molecular flexibility index (Phi) is 10.7. The highest BCUT2D eigenvalue weighted by Gasteiger charge is 2.34. The first-order chi connectivity index (χ1) is 16.9. The third kappa shape index (κ3) is 7.65. The molecule has 2 rings (SSSR count). The third-order valence-electron chi connectivity index (χ3n) is 5.79. The number of benzene rings is 2. The molecule has 0 bridgehead atoms. The topological polar surface area (TPSA) is 90.0 Å². The van der Waals surface area contributed by atoms with Crippen LogP contribution < -0.4 is 9.62 Å². The summed E-state index contributed by atoms with van der Waals surface area (Å²) in [6, 6.07) is 10.8. The average Bonchev–Trinajstić information content (AvgIpc) is 2.83. The molecule has 0 aliphatic heterocycles. The summed E-state index contributed by atoms with van der Waals surface area (Å²) in [5.74, 6) is -1.44. The van der Waals surface area contributed by atoms with E-state index in [1.807, 2.05) is 13.8 Å². The average molecular weight is 541 g/mol. The van der Waals surface area contributed by atoms with Crippen molar-refractivity contribution in [3.8, 4) is 0 Å². The fourth-order valence-electron chi connectivity index (χ4n) is 3.47. The summed E-state index contributed by atoms with van der Waals surface area (Å²) >= 11 is 6.00. The molecule has 1 N–H and O–H groups in total. The molecule has 36 heavy (non-hydrogen) atoms. The molecular formula is C25H34ClFN4O4S. The van der Waals surface area contributed by atoms with Crippen molar-refractivity contribution in [2.75, 3.05) is 24.9 Å². The Morgan fingerprint density at radius 1 is 1.00 bits per heavy atom. The standard InChI is InChI=1S/C25H34ClFN4O4S/c1-6-18(3)28-25(33)23(7-2)30(16-19-8-10-20(26)11-9-19)24(32)17-31(36(34,35)29(4)5)22-14-12-21(27)13-15-22/h8-15,18,23H,6-7,16-17H2,1-5H3,(H,28,33)/t18-,23+/m0/s1. The van der Waals surface area contributed by atoms with Crippen molar-refractivity contribution in [2.45, 2.75) is 52.2 Å². The summed E-state index contributed by atoms with van der Waals surface area (Å²) in [6.45, 7) is 5.09. The highest BCUT2D eigenvalue weighted by atomic mass is 35.5. The maximum Gasteiger partial charge on any atom is 0.304 e. The molecule has 2 amide bonds. The van der Waals surface area contributed by atoms with Crippen LogP contribution in [0.25, 0.3) is 0 Å². The van der Waals surface area contributed by atoms with Crippen molar-refractivity contribution in [3.63, 3.8) is 0 Å². The second-order valence-electron chi connectivity index (χ2n) is 8.66. The van der Waals surface area contributed by atoms with Crippen molar-refractivity contribution in [1.82, 2.24) is 14.5 Å². The van der Waals surface area contributed by atoms with E-state index < -0.39 is 34.5 Å². The number of rotatable bonds is 12. The zero-order valence-corrected chi connectivity index (χ0v) is 22.8. The predicted molar refractivity (Wildman–Crippen MR) is 140 cm³/mol. The van der Waals surface area contributed by atoms with Crippen LogP contribution >= 0.6 is 11.6 Å². The van der Waals surface area contributed by atoms with Gasteiger partial charge in [0.1, 0.15) is 18.4 Å². The molecule has 198 valence electrons. The van der Waals surface area contributed by atoms with E-state index in [0.717, 1.165) is 26.3 Å². The number of halogens is 2. The minimum absolute atomic E-state index is 0.0711. The molecule has 2 aromatic rings. The number of nitrogens with zero attached hydrogens (tertiary/aromatic N) is 3. The summed E-state index contributed by atoms with van der Waals surface area (Å²) in [7, 11) is -1.42. The second-order valence-corrected chi connectivity index (χ2v) is 11.2. The van der Waals surface area contributed by atoms with Gasteiger partial charge in [0.2, 0.25) is 11.8 Å². The summed E-state index contributed by atoms with van der Waals surface area (Å²) < 4.78 is 41.7. The number of hydrogen-bond acceptors (Lipinski definition) is 4. The highest BCUT2D eigenvalue weighted by molar-refractivity contribution is 7.90. The molecule has 11 heteroatoms. The van der Waals surface area contributed by atoms with E-state index in [9.17, 15) is 22.4 Å². The van der Waals surface area contributed by atoms with Crippen molar-refractivity contribution >= 4 is 39.3 Å². The quantitative estimate of drug-likeness (QED) is 0.443. The Balaban J connectivity index is 2.48. The number of amides is 2. The number of carbonyl (C=O) groups is 2. The van der Waals surface area contributed by atoms with Gasteiger partial charge in [-0.1, -0.05) is 37.6 Å². The van der Waals surface area contributed by atoms with Gasteiger partial charge in [0, 0.05) is 31.7 Å². The van der Waals surface area contributed by atoms with Crippen LogP contribution in [0, 0.1) is 5.82 Å². The molecular weight excluding hydrogens is 507 g/mol. The fourth-order valence-corrected chi connectivity index (χ4v) is 4.65. The molecule has 0 heterocycles. The predicted octanol–water partition coefficient (Wildman–Crippen LogP) is 3.81. The van der Waals surface area contributed by atoms with Gasteiger partial charge >= 0.3 is 10.2 Å². The lowest BCUT2D eigenvalue weighted by Crippen LogP contribution is -2.54. The van der Waals surface area contributed by atoms with Gasteiger partial charge < -0.3 is 10.2 Å². The number of carbonyl (C=O) groups excluding carboxylic acids is 2. The third-order valence-corrected chi connectivity index (χ3v) is 7.86. The van der Waals surface area contributed by atoms with Gasteiger partial charge in [-0.15, -0.1) is 0 Å². The molecule has 2 aromatic carbocycles. The van der Waals surface area contributed by atoms with Gasteiger partial charge in [0.15, 0.2) is 0 Å². The van der Waals surface area contributed by atoms with E-state index >= 15 is 0 Å². The van der Waals surface area contributed by atoms with Crippen LogP contribution in [0.5, 0.6) is 0 Å². The van der Waals surface area contributed by atoms with Crippen molar-refractivity contribution < 1.29 is 22.4 Å². The van der Waals surface area contributed by atoms with Crippen LogP contribution in [-0.4, -0.2) is 62.2 Å². The first-order valence-corrected chi connectivity index (χ1v) is 13.5. The summed E-state index contributed by atoms with van der Waals surface area (Å²) in [5, 5.41) is 3.44. The lowest BCUT2D eigenvalue weighted by Gasteiger charge is -2.34. The highest BCUT2D eigenvalue weighted by Crippen LogP contribution is 2.22. The summed E-state index contributed by atoms with van der Waals surface area (Å²) in [6.07, 6.45) is 1.03. The van der Waals surface area contributed by atoms with E-state index in [0.29, 0.717) is 17.9 Å². The normalized spacial score (nSPS) is 13.2. The molecule has 0 fully saturated rings. The Morgan fingerprint density at radius 2 is 1.58 bits per heavy atom. The number of nitrogens with one attached hydrogen (secondary N) is 1. The molecule has 0 unspecified atom stereocenters. The van der Waals surface area contributed by atoms with Crippen LogP contribution in [0.2, 0.25) is 5.02 Å². The second kappa shape index (κ2) is 13.0. The van der Waals surface area contributed by atoms with E-state index in [1.54, 1.807) is 31.2 Å². The van der Waals surface area contributed by atoms with Crippen molar-refractivity contribution in [3.05, 3.63) is 64.9 Å². The molecule has 0 saturated carbocycles. The van der Waals surface area contributed by atoms with Crippen LogP contribution in [0.1, 0.15) is 39.2 Å². The Bertz CT molecular complexity index is 1130. The summed E-state index contributed by atoms with van der Waals surface area (Å²) in [4.78, 5) is 28.2. The van der Waals surface area contributed by atoms with Crippen LogP contribution in [0.4, 0.5) is 10.1 Å². The van der Waals surface area contributed by atoms with E-state index in [2.05, 4.69) is 5.32 Å². The van der Waals surface area contributed by atoms with Gasteiger partial charge in [-0.25, -0.2) is 8.70 Å². The molecule has 8 nitrogen and oxygen atoms in total. The van der Waals surface area contributed by atoms with Gasteiger partial charge in [0.05, 0.1) is 5.69 Å². The van der Waals surface area contributed by atoms with Gasteiger partial charge in [-0.2, -0.15) is 12.7 Å². The first-order valence-electron chi connectivity index (χ1n) is 11.7. The van der Waals surface area contributed by atoms with E-state index in [4.69, 9.17) is 11.6 Å². The maximum absolute atomic E-state index is 13.7. The van der Waals surface area contributed by atoms with Crippen molar-refractivity contribution in [1.29, 1.82) is 0 Å². The van der Waals surface area contributed by atoms with Crippen LogP contribution in [0.15, 0.2) is 48.5 Å². The monoisotopic (exact) mass is 540 g/mol. The smallest absolute Gasteiger partial charge is 0.304 e. The zero-order chi connectivity index (χ0) is 27.0. The first kappa shape index (κ1) is 29.5. The van der Waals surface area contributed by atoms with Crippen molar-refractivity contribution in [2.24, 2.45) is 0 Å². The molecule has 0 aliphatic carbocycles. The molecule has 0 spiro atoms. The van der Waals surface area contributed by atoms with Gasteiger partial charge in [-0.05, 0) is 61.7 Å². The minimum atomic E-state index is -4.11. The Hall–Kier alpha value is -2.69. The van der Waals surface area contributed by atoms with Gasteiger partial charge in [0.25, 0.3) is 0 Å². The molecule has 0 radical (unpaired) electrons. The number of anilines is 1. The molecule has 0 aromatic heterocycles. The Labute approximate surface area is 218 Å². The maximum atomic E-state index is 13.7. The fraction of sp³-hybridized carbons (Fsp3) is 0.440. The number of hydrogen-bond donors (Lipinski definition) is 1. The Morgan fingerprint density at radius 3 is 2.08 bits per heavy atom.